The maximum Gasteiger partial charge on any atom is 0.170 e. The van der Waals surface area contributed by atoms with E-state index in [4.69, 9.17) is 4.74 Å². The van der Waals surface area contributed by atoms with Crippen LogP contribution in [-0.4, -0.2) is 14.8 Å². The highest BCUT2D eigenvalue weighted by atomic mass is 79.9. The minimum absolute atomic E-state index is 0.160. The van der Waals surface area contributed by atoms with Crippen molar-refractivity contribution in [1.82, 2.24) is 14.8 Å². The van der Waals surface area contributed by atoms with Crippen LogP contribution in [0.3, 0.4) is 0 Å². The highest BCUT2D eigenvalue weighted by Gasteiger charge is 2.52. The molecule has 2 aliphatic rings. The Balaban J connectivity index is 2.03. The van der Waals surface area contributed by atoms with Crippen LogP contribution >= 0.6 is 27.3 Å². The van der Waals surface area contributed by atoms with Crippen LogP contribution in [0.25, 0.3) is 5.00 Å². The largest absolute Gasteiger partial charge is 0.362 e. The molecule has 1 aliphatic heterocycles. The zero-order valence-electron chi connectivity index (χ0n) is 9.23. The summed E-state index contributed by atoms with van der Waals surface area (Å²) in [6.45, 7) is 2.66. The van der Waals surface area contributed by atoms with E-state index < -0.39 is 0 Å². The molecule has 1 spiro atoms. The van der Waals surface area contributed by atoms with E-state index in [9.17, 15) is 0 Å². The summed E-state index contributed by atoms with van der Waals surface area (Å²) < 4.78 is 9.32. The van der Waals surface area contributed by atoms with Crippen molar-refractivity contribution in [2.75, 3.05) is 0 Å². The maximum absolute atomic E-state index is 6.04. The molecule has 2 aromatic heterocycles. The van der Waals surface area contributed by atoms with E-state index in [1.54, 1.807) is 11.3 Å². The van der Waals surface area contributed by atoms with Crippen LogP contribution < -0.4 is 0 Å². The molecule has 0 aromatic carbocycles. The highest BCUT2D eigenvalue weighted by Crippen LogP contribution is 2.52. The number of ether oxygens (including phenoxy) is 1. The summed E-state index contributed by atoms with van der Waals surface area (Å²) in [5.74, 6) is 1.91. The molecule has 6 heteroatoms. The molecule has 0 unspecified atom stereocenters. The monoisotopic (exact) mass is 311 g/mol. The number of fused-ring (bicyclic) bond motifs is 4. The van der Waals surface area contributed by atoms with Gasteiger partial charge in [0.15, 0.2) is 5.82 Å². The molecule has 0 atom stereocenters. The van der Waals surface area contributed by atoms with Crippen molar-refractivity contribution in [2.24, 2.45) is 0 Å². The third kappa shape index (κ3) is 1.31. The van der Waals surface area contributed by atoms with Gasteiger partial charge in [-0.1, -0.05) is 0 Å². The SMILES string of the molecule is Cc1nnc2n1-c1sc(Br)cc1COC21CC1. The number of thiophene rings is 1. The Morgan fingerprint density at radius 1 is 1.47 bits per heavy atom. The average molecular weight is 312 g/mol. The number of hydrogen-bond acceptors (Lipinski definition) is 4. The molecule has 3 heterocycles. The summed E-state index contributed by atoms with van der Waals surface area (Å²) in [5.41, 5.74) is 1.06. The van der Waals surface area contributed by atoms with Crippen molar-refractivity contribution in [3.63, 3.8) is 0 Å². The van der Waals surface area contributed by atoms with Crippen LogP contribution in [0.5, 0.6) is 0 Å². The first kappa shape index (κ1) is 10.2. The number of aromatic nitrogens is 3. The lowest BCUT2D eigenvalue weighted by molar-refractivity contribution is 0.0137. The third-order valence-electron chi connectivity index (χ3n) is 3.40. The van der Waals surface area contributed by atoms with Gasteiger partial charge in [-0.3, -0.25) is 4.57 Å². The summed E-state index contributed by atoms with van der Waals surface area (Å²) in [6, 6.07) is 2.13. The summed E-state index contributed by atoms with van der Waals surface area (Å²) in [5, 5.41) is 9.72. The van der Waals surface area contributed by atoms with Gasteiger partial charge in [-0.25, -0.2) is 0 Å². The Morgan fingerprint density at radius 3 is 3.06 bits per heavy atom. The predicted octanol–water partition coefficient (Wildman–Crippen LogP) is 2.92. The van der Waals surface area contributed by atoms with Crippen LogP contribution in [0.4, 0.5) is 0 Å². The Labute approximate surface area is 111 Å². The second-order valence-electron chi connectivity index (χ2n) is 4.57. The second-order valence-corrected chi connectivity index (χ2v) is 6.98. The van der Waals surface area contributed by atoms with Crippen molar-refractivity contribution in [3.8, 4) is 5.00 Å². The van der Waals surface area contributed by atoms with Gasteiger partial charge in [-0.2, -0.15) is 0 Å². The zero-order valence-corrected chi connectivity index (χ0v) is 11.6. The van der Waals surface area contributed by atoms with Crippen LogP contribution in [0, 0.1) is 6.92 Å². The van der Waals surface area contributed by atoms with Crippen molar-refractivity contribution in [2.45, 2.75) is 32.0 Å². The molecule has 0 N–H and O–H groups in total. The third-order valence-corrected chi connectivity index (χ3v) is 5.07. The predicted molar refractivity (Wildman–Crippen MR) is 67.4 cm³/mol. The Kier molecular flexibility index (Phi) is 1.92. The van der Waals surface area contributed by atoms with Crippen LogP contribution in [0.1, 0.15) is 30.1 Å². The fourth-order valence-electron chi connectivity index (χ4n) is 2.34. The number of halogens is 1. The van der Waals surface area contributed by atoms with Gasteiger partial charge in [-0.05, 0) is 41.8 Å². The number of aryl methyl sites for hydroxylation is 1. The minimum Gasteiger partial charge on any atom is -0.362 e. The molecular formula is C11H10BrN3OS. The van der Waals surface area contributed by atoms with Gasteiger partial charge in [0.2, 0.25) is 0 Å². The summed E-state index contributed by atoms with van der Waals surface area (Å²) in [6.07, 6.45) is 2.11. The van der Waals surface area contributed by atoms with E-state index >= 15 is 0 Å². The topological polar surface area (TPSA) is 39.9 Å². The van der Waals surface area contributed by atoms with Crippen molar-refractivity contribution in [3.05, 3.63) is 27.1 Å². The van der Waals surface area contributed by atoms with Gasteiger partial charge in [0.05, 0.1) is 10.4 Å². The quantitative estimate of drug-likeness (QED) is 0.751. The molecule has 17 heavy (non-hydrogen) atoms. The molecule has 1 fully saturated rings. The molecule has 0 amide bonds. The van der Waals surface area contributed by atoms with Crippen molar-refractivity contribution >= 4 is 27.3 Å². The molecular weight excluding hydrogens is 302 g/mol. The van der Waals surface area contributed by atoms with E-state index in [1.165, 1.54) is 10.6 Å². The molecule has 2 aromatic rings. The number of rotatable bonds is 0. The Hall–Kier alpha value is -0.720. The van der Waals surface area contributed by atoms with E-state index in [-0.39, 0.29) is 5.60 Å². The lowest BCUT2D eigenvalue weighted by Gasteiger charge is -2.11. The zero-order chi connectivity index (χ0) is 11.6. The standard InChI is InChI=1S/C11H10BrN3OS/c1-6-13-14-10-11(2-3-11)16-5-7-4-8(12)17-9(7)15(6)10/h4H,2-3,5H2,1H3. The van der Waals surface area contributed by atoms with Gasteiger partial charge in [-0.15, -0.1) is 21.5 Å². The number of nitrogens with zero attached hydrogens (tertiary/aromatic N) is 3. The smallest absolute Gasteiger partial charge is 0.170 e. The highest BCUT2D eigenvalue weighted by molar-refractivity contribution is 9.11. The maximum atomic E-state index is 6.04. The average Bonchev–Trinajstić information content (AvgIpc) is 2.88. The van der Waals surface area contributed by atoms with E-state index in [0.29, 0.717) is 6.61 Å². The van der Waals surface area contributed by atoms with Gasteiger partial charge >= 0.3 is 0 Å². The normalized spacial score (nSPS) is 19.9. The molecule has 1 saturated carbocycles. The van der Waals surface area contributed by atoms with Crippen LogP contribution in [0.15, 0.2) is 9.85 Å². The van der Waals surface area contributed by atoms with Gasteiger partial charge < -0.3 is 4.74 Å². The van der Waals surface area contributed by atoms with E-state index in [0.717, 1.165) is 28.3 Å². The lowest BCUT2D eigenvalue weighted by atomic mass is 10.3. The lowest BCUT2D eigenvalue weighted by Crippen LogP contribution is -2.14. The Morgan fingerprint density at radius 2 is 2.29 bits per heavy atom. The van der Waals surface area contributed by atoms with Crippen molar-refractivity contribution in [1.29, 1.82) is 0 Å². The van der Waals surface area contributed by atoms with E-state index in [1.807, 2.05) is 6.92 Å². The first-order chi connectivity index (χ1) is 8.20. The summed E-state index contributed by atoms with van der Waals surface area (Å²) >= 11 is 5.25. The molecule has 0 radical (unpaired) electrons. The first-order valence-corrected chi connectivity index (χ1v) is 7.16. The summed E-state index contributed by atoms with van der Waals surface area (Å²) in [4.78, 5) is 0. The fourth-order valence-corrected chi connectivity index (χ4v) is 4.02. The molecule has 88 valence electrons. The molecule has 1 aliphatic carbocycles. The molecule has 0 saturated heterocycles. The second kappa shape index (κ2) is 3.18. The van der Waals surface area contributed by atoms with E-state index in [2.05, 4.69) is 36.8 Å². The van der Waals surface area contributed by atoms with Gasteiger partial charge in [0, 0.05) is 5.56 Å². The minimum atomic E-state index is -0.160. The van der Waals surface area contributed by atoms with Gasteiger partial charge in [0.1, 0.15) is 16.4 Å². The summed E-state index contributed by atoms with van der Waals surface area (Å²) in [7, 11) is 0. The fraction of sp³-hybridized carbons (Fsp3) is 0.455. The molecule has 4 rings (SSSR count). The number of hydrogen-bond donors (Lipinski definition) is 0. The van der Waals surface area contributed by atoms with Gasteiger partial charge in [0.25, 0.3) is 0 Å². The molecule has 4 nitrogen and oxygen atoms in total. The molecule has 0 bridgehead atoms. The van der Waals surface area contributed by atoms with Crippen LogP contribution in [-0.2, 0) is 16.9 Å². The Bertz CT molecular complexity index is 614. The van der Waals surface area contributed by atoms with Crippen LogP contribution in [0.2, 0.25) is 0 Å². The van der Waals surface area contributed by atoms with Crippen molar-refractivity contribution < 1.29 is 4.74 Å². The first-order valence-electron chi connectivity index (χ1n) is 5.55.